The second-order valence-electron chi connectivity index (χ2n) is 7.74. The van der Waals surface area contributed by atoms with Crippen molar-refractivity contribution in [1.29, 1.82) is 0 Å². The third-order valence-electron chi connectivity index (χ3n) is 5.19. The maximum Gasteiger partial charge on any atom is 0.261 e. The molecule has 31 heavy (non-hydrogen) atoms. The number of hydrogen-bond acceptors (Lipinski definition) is 5. The maximum atomic E-state index is 12.7. The van der Waals surface area contributed by atoms with Crippen molar-refractivity contribution < 1.29 is 18.8 Å². The number of hydrogen-bond donors (Lipinski definition) is 1. The van der Waals surface area contributed by atoms with E-state index in [1.807, 2.05) is 38.4 Å². The van der Waals surface area contributed by atoms with E-state index >= 15 is 0 Å². The highest BCUT2D eigenvalue weighted by Crippen LogP contribution is 2.26. The number of fused-ring (bicyclic) bond motifs is 1. The largest absolute Gasteiger partial charge is 0.467 e. The van der Waals surface area contributed by atoms with Crippen LogP contribution in [0.2, 0.25) is 0 Å². The van der Waals surface area contributed by atoms with Gasteiger partial charge in [-0.15, -0.1) is 0 Å². The number of imide groups is 1. The molecule has 0 saturated heterocycles. The molecule has 158 valence electrons. The van der Waals surface area contributed by atoms with Crippen LogP contribution in [0.15, 0.2) is 65.3 Å². The molecule has 3 aromatic rings. The smallest absolute Gasteiger partial charge is 0.261 e. The summed E-state index contributed by atoms with van der Waals surface area (Å²) in [5.41, 5.74) is 2.68. The van der Waals surface area contributed by atoms with Crippen molar-refractivity contribution >= 4 is 23.4 Å². The SMILES string of the molecule is CN(C)CCc1ccc(NC(=O)c2ccc3c(c2)C(=O)N(Cc2ccco2)C3=O)cc1. The van der Waals surface area contributed by atoms with E-state index in [2.05, 4.69) is 10.2 Å². The van der Waals surface area contributed by atoms with Gasteiger partial charge in [-0.2, -0.15) is 0 Å². The van der Waals surface area contributed by atoms with Crippen LogP contribution in [0.1, 0.15) is 42.4 Å². The molecule has 4 rings (SSSR count). The van der Waals surface area contributed by atoms with E-state index in [1.165, 1.54) is 24.0 Å². The summed E-state index contributed by atoms with van der Waals surface area (Å²) >= 11 is 0. The molecule has 3 amide bonds. The van der Waals surface area contributed by atoms with Crippen molar-refractivity contribution in [2.75, 3.05) is 26.0 Å². The highest BCUT2D eigenvalue weighted by atomic mass is 16.3. The molecule has 0 saturated carbocycles. The lowest BCUT2D eigenvalue weighted by atomic mass is 10.1. The molecule has 0 fully saturated rings. The van der Waals surface area contributed by atoms with Gasteiger partial charge >= 0.3 is 0 Å². The van der Waals surface area contributed by atoms with Crippen LogP contribution in [0.5, 0.6) is 0 Å². The number of furan rings is 1. The third-order valence-corrected chi connectivity index (χ3v) is 5.19. The Labute approximate surface area is 180 Å². The van der Waals surface area contributed by atoms with E-state index in [9.17, 15) is 14.4 Å². The van der Waals surface area contributed by atoms with Gasteiger partial charge in [-0.1, -0.05) is 12.1 Å². The van der Waals surface area contributed by atoms with Crippen molar-refractivity contribution in [2.24, 2.45) is 0 Å². The van der Waals surface area contributed by atoms with Crippen molar-refractivity contribution in [1.82, 2.24) is 9.80 Å². The molecule has 7 nitrogen and oxygen atoms in total. The summed E-state index contributed by atoms with van der Waals surface area (Å²) in [5.74, 6) is -0.650. The summed E-state index contributed by atoms with van der Waals surface area (Å²) < 4.78 is 5.24. The van der Waals surface area contributed by atoms with Crippen molar-refractivity contribution in [2.45, 2.75) is 13.0 Å². The van der Waals surface area contributed by atoms with Crippen LogP contribution < -0.4 is 5.32 Å². The molecule has 2 aromatic carbocycles. The molecule has 0 bridgehead atoms. The van der Waals surface area contributed by atoms with E-state index in [0.717, 1.165) is 17.9 Å². The van der Waals surface area contributed by atoms with Gasteiger partial charge in [0.1, 0.15) is 5.76 Å². The van der Waals surface area contributed by atoms with Gasteiger partial charge in [-0.3, -0.25) is 19.3 Å². The molecule has 0 radical (unpaired) electrons. The van der Waals surface area contributed by atoms with Gasteiger partial charge in [0.25, 0.3) is 17.7 Å². The maximum absolute atomic E-state index is 12.7. The van der Waals surface area contributed by atoms with Gasteiger partial charge in [0.15, 0.2) is 0 Å². The Morgan fingerprint density at radius 1 is 1.00 bits per heavy atom. The quantitative estimate of drug-likeness (QED) is 0.596. The molecular weight excluding hydrogens is 394 g/mol. The van der Waals surface area contributed by atoms with Crippen LogP contribution in [-0.4, -0.2) is 48.2 Å². The number of likely N-dealkylation sites (N-methyl/N-ethyl adjacent to an activating group) is 1. The summed E-state index contributed by atoms with van der Waals surface area (Å²) in [6.07, 6.45) is 2.42. The molecule has 0 spiro atoms. The van der Waals surface area contributed by atoms with Crippen molar-refractivity contribution in [3.63, 3.8) is 0 Å². The van der Waals surface area contributed by atoms with Crippen LogP contribution >= 0.6 is 0 Å². The Morgan fingerprint density at radius 2 is 1.74 bits per heavy atom. The lowest BCUT2D eigenvalue weighted by Gasteiger charge is -2.11. The Hall–Kier alpha value is -3.71. The minimum Gasteiger partial charge on any atom is -0.467 e. The number of carbonyl (C=O) groups is 3. The van der Waals surface area contributed by atoms with Gasteiger partial charge in [0.2, 0.25) is 0 Å². The summed E-state index contributed by atoms with van der Waals surface area (Å²) in [6, 6.07) is 15.6. The van der Waals surface area contributed by atoms with Crippen LogP contribution in [0.3, 0.4) is 0 Å². The Balaban J connectivity index is 1.46. The highest BCUT2D eigenvalue weighted by Gasteiger charge is 2.36. The first kappa shape index (κ1) is 20.6. The number of rotatable bonds is 7. The number of nitrogens with one attached hydrogen (secondary N) is 1. The summed E-state index contributed by atoms with van der Waals surface area (Å²) in [7, 11) is 4.06. The Kier molecular flexibility index (Phi) is 5.68. The number of amides is 3. The Bertz CT molecular complexity index is 1120. The molecule has 0 unspecified atom stereocenters. The fourth-order valence-electron chi connectivity index (χ4n) is 3.44. The monoisotopic (exact) mass is 417 g/mol. The highest BCUT2D eigenvalue weighted by molar-refractivity contribution is 6.22. The van der Waals surface area contributed by atoms with Gasteiger partial charge in [0.05, 0.1) is 23.9 Å². The zero-order valence-electron chi connectivity index (χ0n) is 17.4. The topological polar surface area (TPSA) is 82.9 Å². The van der Waals surface area contributed by atoms with Crippen LogP contribution in [-0.2, 0) is 13.0 Å². The second kappa shape index (κ2) is 8.57. The lowest BCUT2D eigenvalue weighted by Crippen LogP contribution is -2.28. The molecular formula is C24H23N3O4. The second-order valence-corrected chi connectivity index (χ2v) is 7.74. The van der Waals surface area contributed by atoms with E-state index in [4.69, 9.17) is 4.42 Å². The first-order valence-corrected chi connectivity index (χ1v) is 10.00. The van der Waals surface area contributed by atoms with Crippen LogP contribution in [0, 0.1) is 0 Å². The molecule has 0 aliphatic carbocycles. The predicted molar refractivity (Wildman–Crippen MR) is 116 cm³/mol. The average molecular weight is 417 g/mol. The first-order chi connectivity index (χ1) is 14.9. The number of benzene rings is 2. The molecule has 1 aliphatic rings. The standard InChI is InChI=1S/C24H23N3O4/c1-26(2)12-11-16-5-8-18(9-6-16)25-22(28)17-7-10-20-21(14-17)24(30)27(23(20)29)15-19-4-3-13-31-19/h3-10,13-14H,11-12,15H2,1-2H3,(H,25,28). The normalized spacial score (nSPS) is 13.1. The number of nitrogens with zero attached hydrogens (tertiary/aromatic N) is 2. The molecule has 1 N–H and O–H groups in total. The average Bonchev–Trinajstić information content (AvgIpc) is 3.36. The Morgan fingerprint density at radius 3 is 2.42 bits per heavy atom. The zero-order chi connectivity index (χ0) is 22.0. The van der Waals surface area contributed by atoms with Gasteiger partial charge in [-0.25, -0.2) is 0 Å². The van der Waals surface area contributed by atoms with E-state index in [0.29, 0.717) is 22.6 Å². The fraction of sp³-hybridized carbons (Fsp3) is 0.208. The molecule has 0 atom stereocenters. The van der Waals surface area contributed by atoms with Crippen molar-refractivity contribution in [3.05, 3.63) is 88.9 Å². The zero-order valence-corrected chi connectivity index (χ0v) is 17.4. The molecule has 2 heterocycles. The third kappa shape index (κ3) is 4.41. The summed E-state index contributed by atoms with van der Waals surface area (Å²) in [6.45, 7) is 1.01. The van der Waals surface area contributed by atoms with E-state index in [1.54, 1.807) is 18.2 Å². The van der Waals surface area contributed by atoms with Crippen molar-refractivity contribution in [3.8, 4) is 0 Å². The number of carbonyl (C=O) groups excluding carboxylic acids is 3. The van der Waals surface area contributed by atoms with Crippen LogP contribution in [0.4, 0.5) is 5.69 Å². The van der Waals surface area contributed by atoms with E-state index < -0.39 is 11.8 Å². The van der Waals surface area contributed by atoms with Crippen LogP contribution in [0.25, 0.3) is 0 Å². The van der Waals surface area contributed by atoms with Gasteiger partial charge < -0.3 is 14.6 Å². The summed E-state index contributed by atoms with van der Waals surface area (Å²) in [4.78, 5) is 41.3. The first-order valence-electron chi connectivity index (χ1n) is 10.00. The van der Waals surface area contributed by atoms with E-state index in [-0.39, 0.29) is 18.0 Å². The lowest BCUT2D eigenvalue weighted by molar-refractivity contribution is 0.0631. The van der Waals surface area contributed by atoms with Gasteiger partial charge in [0, 0.05) is 17.8 Å². The fourth-order valence-corrected chi connectivity index (χ4v) is 3.44. The summed E-state index contributed by atoms with van der Waals surface area (Å²) in [5, 5.41) is 2.84. The molecule has 1 aromatic heterocycles. The minimum atomic E-state index is -0.434. The van der Waals surface area contributed by atoms with Gasteiger partial charge in [-0.05, 0) is 68.5 Å². The molecule has 1 aliphatic heterocycles. The minimum absolute atomic E-state index is 0.0566. The predicted octanol–water partition coefficient (Wildman–Crippen LogP) is 3.43. The molecule has 7 heteroatoms. The number of anilines is 1.